The number of piperazine rings is 1. The van der Waals surface area contributed by atoms with Gasteiger partial charge in [0.15, 0.2) is 0 Å². The fourth-order valence-corrected chi connectivity index (χ4v) is 2.86. The summed E-state index contributed by atoms with van der Waals surface area (Å²) in [6.07, 6.45) is -2.06. The normalized spacial score (nSPS) is 17.6. The average molecular weight is 355 g/mol. The van der Waals surface area contributed by atoms with Crippen molar-refractivity contribution in [3.63, 3.8) is 0 Å². The predicted octanol–water partition coefficient (Wildman–Crippen LogP) is 4.30. The van der Waals surface area contributed by atoms with Crippen molar-refractivity contribution in [3.8, 4) is 0 Å². The van der Waals surface area contributed by atoms with Crippen LogP contribution in [-0.4, -0.2) is 31.1 Å². The van der Waals surface area contributed by atoms with E-state index in [9.17, 15) is 13.2 Å². The number of halogens is 5. The molecule has 0 saturated carbocycles. The van der Waals surface area contributed by atoms with E-state index < -0.39 is 11.7 Å². The third-order valence-corrected chi connectivity index (χ3v) is 3.83. The van der Waals surface area contributed by atoms with Crippen LogP contribution in [0.1, 0.15) is 23.6 Å². The van der Waals surface area contributed by atoms with Gasteiger partial charge < -0.3 is 5.32 Å². The fraction of sp³-hybridized carbons (Fsp3) is 0.467. The third kappa shape index (κ3) is 4.88. The summed E-state index contributed by atoms with van der Waals surface area (Å²) in [5.41, 5.74) is -0.106. The second kappa shape index (κ2) is 8.20. The molecule has 1 saturated heterocycles. The van der Waals surface area contributed by atoms with Gasteiger partial charge in [-0.2, -0.15) is 13.2 Å². The molecule has 2 nitrogen and oxygen atoms in total. The fourth-order valence-electron chi connectivity index (χ4n) is 2.62. The van der Waals surface area contributed by atoms with E-state index in [1.54, 1.807) is 12.1 Å². The third-order valence-electron chi connectivity index (χ3n) is 3.61. The first-order valence-corrected chi connectivity index (χ1v) is 7.23. The predicted molar refractivity (Wildman–Crippen MR) is 85.7 cm³/mol. The van der Waals surface area contributed by atoms with Crippen molar-refractivity contribution in [1.29, 1.82) is 0 Å². The van der Waals surface area contributed by atoms with E-state index >= 15 is 0 Å². The van der Waals surface area contributed by atoms with Crippen LogP contribution in [0.3, 0.4) is 0 Å². The monoisotopic (exact) mass is 354 g/mol. The van der Waals surface area contributed by atoms with Crippen molar-refractivity contribution in [2.45, 2.75) is 18.6 Å². The van der Waals surface area contributed by atoms with Gasteiger partial charge in [-0.1, -0.05) is 17.7 Å². The van der Waals surface area contributed by atoms with Gasteiger partial charge in [-0.25, -0.2) is 0 Å². The average Bonchev–Trinajstić information content (AvgIpc) is 2.44. The Morgan fingerprint density at radius 2 is 1.91 bits per heavy atom. The summed E-state index contributed by atoms with van der Waals surface area (Å²) in [5, 5.41) is 3.35. The van der Waals surface area contributed by atoms with Crippen LogP contribution in [-0.2, 0) is 6.18 Å². The number of hydrogen-bond donors (Lipinski definition) is 1. The first-order chi connectivity index (χ1) is 9.91. The van der Waals surface area contributed by atoms with Crippen molar-refractivity contribution in [2.24, 2.45) is 0 Å². The minimum atomic E-state index is -4.39. The Morgan fingerprint density at radius 3 is 2.45 bits per heavy atom. The zero-order valence-electron chi connectivity index (χ0n) is 12.0. The molecule has 0 unspecified atom stereocenters. The number of nitrogens with one attached hydrogen (secondary N) is 1. The van der Waals surface area contributed by atoms with Crippen LogP contribution < -0.4 is 5.32 Å². The van der Waals surface area contributed by atoms with Gasteiger partial charge >= 0.3 is 6.18 Å². The number of rotatable bonds is 4. The Labute approximate surface area is 139 Å². The second-order valence-corrected chi connectivity index (χ2v) is 5.53. The van der Waals surface area contributed by atoms with Crippen molar-refractivity contribution in [2.75, 3.05) is 26.2 Å². The molecule has 7 heteroatoms. The molecule has 0 bridgehead atoms. The molecule has 1 atom stereocenters. The van der Waals surface area contributed by atoms with Crippen LogP contribution in [0.2, 0.25) is 5.02 Å². The Balaban J connectivity index is 0.00000242. The number of nitrogens with zero attached hydrogens (tertiary/aromatic N) is 1. The molecule has 0 amide bonds. The van der Waals surface area contributed by atoms with Gasteiger partial charge in [0.2, 0.25) is 0 Å². The molecule has 1 N–H and O–H groups in total. The molecule has 2 rings (SSSR count). The number of alkyl halides is 3. The Bertz CT molecular complexity index is 500. The SMILES string of the molecule is C=CC[C@H](c1cc(Cl)cc(C(F)(F)F)c1)N1CCNCC1.Cl. The lowest BCUT2D eigenvalue weighted by atomic mass is 9.99. The van der Waals surface area contributed by atoms with Crippen LogP contribution >= 0.6 is 24.0 Å². The molecule has 1 aliphatic rings. The van der Waals surface area contributed by atoms with E-state index in [0.29, 0.717) is 12.0 Å². The summed E-state index contributed by atoms with van der Waals surface area (Å²) in [5.74, 6) is 0. The molecular formula is C15H19Cl2F3N2. The summed E-state index contributed by atoms with van der Waals surface area (Å²) in [7, 11) is 0. The molecular weight excluding hydrogens is 336 g/mol. The zero-order chi connectivity index (χ0) is 15.5. The van der Waals surface area contributed by atoms with Gasteiger partial charge in [0.05, 0.1) is 5.56 Å². The quantitative estimate of drug-likeness (QED) is 0.810. The van der Waals surface area contributed by atoms with Gasteiger partial charge in [0.25, 0.3) is 0 Å². The van der Waals surface area contributed by atoms with E-state index in [1.165, 1.54) is 6.07 Å². The summed E-state index contributed by atoms with van der Waals surface area (Å²) in [6.45, 7) is 6.98. The maximum atomic E-state index is 12.9. The molecule has 124 valence electrons. The summed E-state index contributed by atoms with van der Waals surface area (Å²) < 4.78 is 38.8. The first-order valence-electron chi connectivity index (χ1n) is 6.85. The standard InChI is InChI=1S/C15H18ClF3N2.ClH/c1-2-3-14(21-6-4-20-5-7-21)11-8-12(15(17,18)19)10-13(16)9-11;/h2,8-10,14,20H,1,3-7H2;1H/t14-;/m1./s1. The van der Waals surface area contributed by atoms with Gasteiger partial charge in [-0.05, 0) is 30.2 Å². The van der Waals surface area contributed by atoms with Crippen LogP contribution in [0.15, 0.2) is 30.9 Å². The van der Waals surface area contributed by atoms with E-state index in [2.05, 4.69) is 16.8 Å². The first kappa shape index (κ1) is 19.3. The van der Waals surface area contributed by atoms with Gasteiger partial charge in [0, 0.05) is 37.2 Å². The lowest BCUT2D eigenvalue weighted by Crippen LogP contribution is -2.45. The highest BCUT2D eigenvalue weighted by atomic mass is 35.5. The van der Waals surface area contributed by atoms with Gasteiger partial charge in [-0.15, -0.1) is 19.0 Å². The van der Waals surface area contributed by atoms with Crippen molar-refractivity contribution in [1.82, 2.24) is 10.2 Å². The molecule has 0 aromatic heterocycles. The molecule has 22 heavy (non-hydrogen) atoms. The Kier molecular flexibility index (Phi) is 7.19. The number of hydrogen-bond acceptors (Lipinski definition) is 2. The molecule has 0 aliphatic carbocycles. The molecule has 1 aromatic carbocycles. The van der Waals surface area contributed by atoms with Crippen LogP contribution in [0, 0.1) is 0 Å². The van der Waals surface area contributed by atoms with Crippen molar-refractivity contribution < 1.29 is 13.2 Å². The minimum Gasteiger partial charge on any atom is -0.314 e. The minimum absolute atomic E-state index is 0. The highest BCUT2D eigenvalue weighted by Crippen LogP contribution is 2.35. The lowest BCUT2D eigenvalue weighted by Gasteiger charge is -2.35. The number of benzene rings is 1. The maximum absolute atomic E-state index is 12.9. The van der Waals surface area contributed by atoms with Crippen LogP contribution in [0.25, 0.3) is 0 Å². The highest BCUT2D eigenvalue weighted by Gasteiger charge is 2.32. The molecule has 1 heterocycles. The van der Waals surface area contributed by atoms with Crippen LogP contribution in [0.4, 0.5) is 13.2 Å². The highest BCUT2D eigenvalue weighted by molar-refractivity contribution is 6.30. The Hall–Kier alpha value is -0.750. The molecule has 1 fully saturated rings. The van der Waals surface area contributed by atoms with E-state index in [-0.39, 0.29) is 23.5 Å². The topological polar surface area (TPSA) is 15.3 Å². The second-order valence-electron chi connectivity index (χ2n) is 5.10. The summed E-state index contributed by atoms with van der Waals surface area (Å²) in [4.78, 5) is 2.17. The van der Waals surface area contributed by atoms with E-state index in [4.69, 9.17) is 11.6 Å². The Morgan fingerprint density at radius 1 is 1.27 bits per heavy atom. The largest absolute Gasteiger partial charge is 0.416 e. The van der Waals surface area contributed by atoms with Gasteiger partial charge in [0.1, 0.15) is 0 Å². The summed E-state index contributed by atoms with van der Waals surface area (Å²) >= 11 is 5.88. The van der Waals surface area contributed by atoms with E-state index in [0.717, 1.165) is 32.2 Å². The molecule has 1 aromatic rings. The van der Waals surface area contributed by atoms with Crippen molar-refractivity contribution in [3.05, 3.63) is 47.0 Å². The van der Waals surface area contributed by atoms with Crippen molar-refractivity contribution >= 4 is 24.0 Å². The maximum Gasteiger partial charge on any atom is 0.416 e. The summed E-state index contributed by atoms with van der Waals surface area (Å²) in [6, 6.07) is 3.66. The smallest absolute Gasteiger partial charge is 0.314 e. The van der Waals surface area contributed by atoms with Crippen LogP contribution in [0.5, 0.6) is 0 Å². The van der Waals surface area contributed by atoms with E-state index in [1.807, 2.05) is 0 Å². The van der Waals surface area contributed by atoms with Gasteiger partial charge in [-0.3, -0.25) is 4.90 Å². The molecule has 1 aliphatic heterocycles. The lowest BCUT2D eigenvalue weighted by molar-refractivity contribution is -0.137. The molecule has 0 radical (unpaired) electrons. The molecule has 0 spiro atoms. The zero-order valence-corrected chi connectivity index (χ0v) is 13.6.